The molecule has 0 fully saturated rings. The van der Waals surface area contributed by atoms with Gasteiger partial charge in [0.15, 0.2) is 0 Å². The minimum absolute atomic E-state index is 0.675. The number of halogens is 2. The molecule has 0 radical (unpaired) electrons. The molecule has 0 amide bonds. The van der Waals surface area contributed by atoms with Crippen molar-refractivity contribution in [2.45, 2.75) is 26.2 Å². The molecular weight excluding hydrogens is 447 g/mol. The maximum absolute atomic E-state index is 7.32. The third-order valence-electron chi connectivity index (χ3n) is 3.99. The summed E-state index contributed by atoms with van der Waals surface area (Å²) in [5.41, 5.74) is 3.00. The summed E-state index contributed by atoms with van der Waals surface area (Å²) in [6, 6.07) is 15.4. The first kappa shape index (κ1) is 24.4. The monoisotopic (exact) mass is 468 g/mol. The summed E-state index contributed by atoms with van der Waals surface area (Å²) in [4.78, 5) is 8.36. The van der Waals surface area contributed by atoms with Gasteiger partial charge >= 0.3 is 0 Å². The van der Waals surface area contributed by atoms with E-state index in [1.165, 1.54) is 5.56 Å². The van der Waals surface area contributed by atoms with Gasteiger partial charge in [0.2, 0.25) is 0 Å². The minimum atomic E-state index is 0.675. The fourth-order valence-corrected chi connectivity index (χ4v) is 2.91. The number of nitrogens with zero attached hydrogens (tertiary/aromatic N) is 2. The van der Waals surface area contributed by atoms with Crippen LogP contribution in [0.15, 0.2) is 54.9 Å². The maximum Gasteiger partial charge on any atom is 0.127 e. The van der Waals surface area contributed by atoms with E-state index >= 15 is 0 Å². The van der Waals surface area contributed by atoms with Crippen molar-refractivity contribution >= 4 is 35.2 Å². The van der Waals surface area contributed by atoms with Crippen LogP contribution in [-0.2, 0) is 22.2 Å². The Balaban J connectivity index is 0.000000575. The number of rotatable bonds is 8. The van der Waals surface area contributed by atoms with Crippen LogP contribution in [0.25, 0.3) is 0 Å². The van der Waals surface area contributed by atoms with E-state index < -0.39 is 0 Å². The van der Waals surface area contributed by atoms with Gasteiger partial charge in [0, 0.05) is 23.3 Å². The van der Waals surface area contributed by atoms with Gasteiger partial charge in [-0.3, -0.25) is 0 Å². The van der Waals surface area contributed by atoms with Crippen LogP contribution in [-0.4, -0.2) is 21.5 Å². The lowest BCUT2D eigenvalue weighted by Crippen LogP contribution is -1.97. The van der Waals surface area contributed by atoms with Crippen molar-refractivity contribution in [3.8, 4) is 11.5 Å². The molecule has 3 rings (SSSR count). The molecule has 3 aromatic rings. The molecule has 0 aliphatic carbocycles. The van der Waals surface area contributed by atoms with Crippen LogP contribution in [0.3, 0.4) is 0 Å². The molecule has 0 saturated heterocycles. The summed E-state index contributed by atoms with van der Waals surface area (Å²) in [5.74, 6) is 1.58. The molecule has 0 saturated carbocycles. The molecule has 1 aromatic heterocycles. The Morgan fingerprint density at radius 1 is 0.933 bits per heavy atom. The largest absolute Gasteiger partial charge is 0.457 e. The number of aromatic nitrogens is 2. The summed E-state index contributed by atoms with van der Waals surface area (Å²) in [6.07, 6.45) is 5.97. The predicted octanol–water partition coefficient (Wildman–Crippen LogP) is 6.75. The number of benzene rings is 2. The van der Waals surface area contributed by atoms with Crippen LogP contribution in [0.4, 0.5) is 0 Å². The van der Waals surface area contributed by atoms with Crippen LogP contribution >= 0.6 is 35.2 Å². The normalized spacial score (nSPS) is 10.3. The first-order valence-corrected chi connectivity index (χ1v) is 10.9. The van der Waals surface area contributed by atoms with Gasteiger partial charge in [-0.2, -0.15) is 0 Å². The van der Waals surface area contributed by atoms with E-state index in [4.69, 9.17) is 33.2 Å². The van der Waals surface area contributed by atoms with Crippen LogP contribution in [0, 0.1) is 6.92 Å². The van der Waals surface area contributed by atoms with E-state index in [-0.39, 0.29) is 0 Å². The van der Waals surface area contributed by atoms with E-state index in [9.17, 15) is 0 Å². The summed E-state index contributed by atoms with van der Waals surface area (Å²) in [7, 11) is 0. The van der Waals surface area contributed by atoms with E-state index in [2.05, 4.69) is 31.5 Å². The van der Waals surface area contributed by atoms with Gasteiger partial charge < -0.3 is 4.74 Å². The first-order chi connectivity index (χ1) is 14.5. The van der Waals surface area contributed by atoms with Gasteiger partial charge in [-0.05, 0) is 68.1 Å². The van der Waals surface area contributed by atoms with Crippen LogP contribution in [0.5, 0.6) is 11.5 Å². The van der Waals surface area contributed by atoms with Gasteiger partial charge in [0.1, 0.15) is 17.8 Å². The second-order valence-corrected chi connectivity index (χ2v) is 7.37. The standard InChI is InChI=1S/C20H18Cl2N2O.CH4O3S/c1-14-20(22)19(24-13-23-14)4-2-3-15-5-9-17(10-6-15)25-18-11-7-16(21)8-12-18;1-5-4-3-2/h5-13H,2-4H2,1H3;2H,1H3. The molecule has 0 atom stereocenters. The molecule has 0 unspecified atom stereocenters. The smallest absolute Gasteiger partial charge is 0.127 e. The molecule has 9 heteroatoms. The van der Waals surface area contributed by atoms with Crippen LogP contribution in [0.1, 0.15) is 23.4 Å². The lowest BCUT2D eigenvalue weighted by molar-refractivity contribution is -0.432. The Morgan fingerprint density at radius 2 is 1.57 bits per heavy atom. The van der Waals surface area contributed by atoms with E-state index in [0.717, 1.165) is 54.2 Å². The Hall–Kier alpha value is -1.87. The summed E-state index contributed by atoms with van der Waals surface area (Å²) in [5, 5.41) is 11.8. The third kappa shape index (κ3) is 8.47. The van der Waals surface area contributed by atoms with Crippen molar-refractivity contribution in [2.75, 3.05) is 6.26 Å². The highest BCUT2D eigenvalue weighted by atomic mass is 35.5. The highest BCUT2D eigenvalue weighted by Gasteiger charge is 2.06. The number of aryl methyl sites for hydroxylation is 3. The summed E-state index contributed by atoms with van der Waals surface area (Å²) in [6.45, 7) is 1.90. The zero-order valence-electron chi connectivity index (χ0n) is 16.5. The maximum atomic E-state index is 7.32. The lowest BCUT2D eigenvalue weighted by Gasteiger charge is -2.08. The van der Waals surface area contributed by atoms with E-state index in [1.54, 1.807) is 12.6 Å². The molecule has 6 nitrogen and oxygen atoms in total. The molecule has 160 valence electrons. The van der Waals surface area contributed by atoms with Gasteiger partial charge in [-0.1, -0.05) is 40.4 Å². The quantitative estimate of drug-likeness (QED) is 0.222. The van der Waals surface area contributed by atoms with Gasteiger partial charge in [0.25, 0.3) is 0 Å². The van der Waals surface area contributed by atoms with Gasteiger partial charge in [0.05, 0.1) is 16.4 Å². The molecule has 0 bridgehead atoms. The second-order valence-electron chi connectivity index (χ2n) is 6.08. The highest BCUT2D eigenvalue weighted by Crippen LogP contribution is 2.24. The lowest BCUT2D eigenvalue weighted by atomic mass is 10.1. The minimum Gasteiger partial charge on any atom is -0.457 e. The molecule has 0 aliphatic rings. The van der Waals surface area contributed by atoms with E-state index in [1.807, 2.05) is 43.3 Å². The molecular formula is C21H22Cl2N2O4S. The Bertz CT molecular complexity index is 895. The fraction of sp³-hybridized carbons (Fsp3) is 0.238. The molecule has 0 spiro atoms. The second kappa shape index (κ2) is 13.4. The Kier molecular flexibility index (Phi) is 10.9. The summed E-state index contributed by atoms with van der Waals surface area (Å²) < 4.78 is 9.60. The topological polar surface area (TPSA) is 73.7 Å². The number of hydrogen-bond acceptors (Lipinski definition) is 7. The predicted molar refractivity (Wildman–Crippen MR) is 120 cm³/mol. The van der Waals surface area contributed by atoms with Crippen molar-refractivity contribution in [3.63, 3.8) is 0 Å². The highest BCUT2D eigenvalue weighted by molar-refractivity contribution is 7.93. The Morgan fingerprint density at radius 3 is 2.13 bits per heavy atom. The van der Waals surface area contributed by atoms with Crippen molar-refractivity contribution in [1.29, 1.82) is 0 Å². The molecule has 2 aromatic carbocycles. The zero-order valence-corrected chi connectivity index (χ0v) is 18.9. The molecule has 1 N–H and O–H groups in total. The van der Waals surface area contributed by atoms with Crippen molar-refractivity contribution in [3.05, 3.63) is 81.9 Å². The summed E-state index contributed by atoms with van der Waals surface area (Å²) >= 11 is 13.0. The average Bonchev–Trinajstić information content (AvgIpc) is 2.75. The van der Waals surface area contributed by atoms with E-state index in [0.29, 0.717) is 10.0 Å². The van der Waals surface area contributed by atoms with Gasteiger partial charge in [-0.25, -0.2) is 15.2 Å². The SMILES string of the molecule is CSOOO.Cc1ncnc(CCCc2ccc(Oc3ccc(Cl)cc3)cc2)c1Cl. The molecule has 0 aliphatic heterocycles. The zero-order chi connectivity index (χ0) is 21.8. The van der Waals surface area contributed by atoms with Crippen LogP contribution in [0.2, 0.25) is 10.0 Å². The molecule has 30 heavy (non-hydrogen) atoms. The first-order valence-electron chi connectivity index (χ1n) is 9.02. The number of hydrogen-bond donors (Lipinski definition) is 1. The average molecular weight is 469 g/mol. The van der Waals surface area contributed by atoms with Crippen molar-refractivity contribution in [2.24, 2.45) is 0 Å². The Labute approximate surface area is 190 Å². The third-order valence-corrected chi connectivity index (χ3v) is 4.93. The van der Waals surface area contributed by atoms with Gasteiger partial charge in [-0.15, -0.1) is 4.33 Å². The van der Waals surface area contributed by atoms with Crippen molar-refractivity contribution in [1.82, 2.24) is 9.97 Å². The van der Waals surface area contributed by atoms with Crippen LogP contribution < -0.4 is 4.74 Å². The molecule has 1 heterocycles. The number of ether oxygens (including phenoxy) is 1. The fourth-order valence-electron chi connectivity index (χ4n) is 2.53. The van der Waals surface area contributed by atoms with Crippen molar-refractivity contribution < 1.29 is 19.4 Å².